The zero-order valence-electron chi connectivity index (χ0n) is 15.9. The van der Waals surface area contributed by atoms with Gasteiger partial charge in [0.2, 0.25) is 0 Å². The van der Waals surface area contributed by atoms with Crippen LogP contribution in [0.25, 0.3) is 0 Å². The molecular formula is C20H33N3O2. The van der Waals surface area contributed by atoms with Gasteiger partial charge >= 0.3 is 0 Å². The van der Waals surface area contributed by atoms with Crippen LogP contribution in [-0.4, -0.2) is 56.9 Å². The number of benzene rings is 1. The summed E-state index contributed by atoms with van der Waals surface area (Å²) < 4.78 is 11.5. The predicted molar refractivity (Wildman–Crippen MR) is 103 cm³/mol. The van der Waals surface area contributed by atoms with E-state index in [-0.39, 0.29) is 0 Å². The molecule has 1 fully saturated rings. The van der Waals surface area contributed by atoms with Gasteiger partial charge in [0, 0.05) is 39.2 Å². The molecule has 140 valence electrons. The summed E-state index contributed by atoms with van der Waals surface area (Å²) in [7, 11) is 1.85. The topological polar surface area (TPSA) is 46.1 Å². The van der Waals surface area contributed by atoms with Crippen LogP contribution in [0.5, 0.6) is 0 Å². The Balaban J connectivity index is 1.62. The van der Waals surface area contributed by atoms with Gasteiger partial charge in [0.05, 0.1) is 19.3 Å². The first-order valence-corrected chi connectivity index (χ1v) is 9.38. The van der Waals surface area contributed by atoms with Gasteiger partial charge in [0.25, 0.3) is 0 Å². The van der Waals surface area contributed by atoms with E-state index in [4.69, 9.17) is 9.47 Å². The molecule has 0 amide bonds. The summed E-state index contributed by atoms with van der Waals surface area (Å²) in [5, 5.41) is 3.44. The van der Waals surface area contributed by atoms with E-state index in [1.807, 2.05) is 13.1 Å². The number of likely N-dealkylation sites (tertiary alicyclic amines) is 1. The first kappa shape index (κ1) is 19.7. The van der Waals surface area contributed by atoms with Crippen LogP contribution < -0.4 is 5.32 Å². The van der Waals surface area contributed by atoms with E-state index < -0.39 is 0 Å². The average molecular weight is 348 g/mol. The number of nitrogens with one attached hydrogen (secondary N) is 1. The minimum absolute atomic E-state index is 0.300. The molecule has 5 nitrogen and oxygen atoms in total. The van der Waals surface area contributed by atoms with E-state index in [1.165, 1.54) is 5.56 Å². The van der Waals surface area contributed by atoms with Crippen molar-refractivity contribution in [2.45, 2.75) is 39.4 Å². The Morgan fingerprint density at radius 1 is 1.32 bits per heavy atom. The van der Waals surface area contributed by atoms with Crippen molar-refractivity contribution in [3.63, 3.8) is 0 Å². The van der Waals surface area contributed by atoms with Crippen molar-refractivity contribution in [3.05, 3.63) is 35.9 Å². The summed E-state index contributed by atoms with van der Waals surface area (Å²) in [6.45, 7) is 9.37. The van der Waals surface area contributed by atoms with Crippen molar-refractivity contribution in [3.8, 4) is 0 Å². The van der Waals surface area contributed by atoms with Gasteiger partial charge in [0.1, 0.15) is 0 Å². The molecule has 0 spiro atoms. The monoisotopic (exact) mass is 347 g/mol. The molecule has 2 rings (SSSR count). The van der Waals surface area contributed by atoms with Crippen molar-refractivity contribution >= 4 is 5.96 Å². The molecular weight excluding hydrogens is 314 g/mol. The Morgan fingerprint density at radius 2 is 2.12 bits per heavy atom. The number of nitrogens with zero attached hydrogens (tertiary/aromatic N) is 2. The Kier molecular flexibility index (Phi) is 8.77. The standard InChI is InChI=1S/C20H33N3O2/c1-17(2)25-13-7-11-22-20(21-3)23-12-10-19(14-23)16-24-15-18-8-5-4-6-9-18/h4-6,8-9,17,19H,7,10-16H2,1-3H3,(H,21,22). The number of hydrogen-bond acceptors (Lipinski definition) is 3. The third-order valence-corrected chi connectivity index (χ3v) is 4.32. The van der Waals surface area contributed by atoms with Crippen LogP contribution in [0.1, 0.15) is 32.3 Å². The molecule has 1 saturated heterocycles. The Hall–Kier alpha value is -1.59. The SMILES string of the molecule is CN=C(NCCCOC(C)C)N1CCC(COCc2ccccc2)C1. The van der Waals surface area contributed by atoms with Gasteiger partial charge in [-0.25, -0.2) is 0 Å². The zero-order chi connectivity index (χ0) is 17.9. The summed E-state index contributed by atoms with van der Waals surface area (Å²) in [6, 6.07) is 10.4. The number of ether oxygens (including phenoxy) is 2. The van der Waals surface area contributed by atoms with Crippen LogP contribution in [0, 0.1) is 5.92 Å². The second-order valence-corrected chi connectivity index (χ2v) is 6.85. The van der Waals surface area contributed by atoms with Crippen molar-refractivity contribution < 1.29 is 9.47 Å². The molecule has 1 aromatic rings. The minimum atomic E-state index is 0.300. The maximum Gasteiger partial charge on any atom is 0.193 e. The molecule has 1 aliphatic rings. The number of guanidine groups is 1. The summed E-state index contributed by atoms with van der Waals surface area (Å²) in [5.74, 6) is 1.57. The van der Waals surface area contributed by atoms with Gasteiger partial charge in [-0.2, -0.15) is 0 Å². The maximum atomic E-state index is 5.90. The van der Waals surface area contributed by atoms with Crippen molar-refractivity contribution in [2.24, 2.45) is 10.9 Å². The molecule has 25 heavy (non-hydrogen) atoms. The Morgan fingerprint density at radius 3 is 2.84 bits per heavy atom. The molecule has 1 unspecified atom stereocenters. The molecule has 1 aliphatic heterocycles. The molecule has 0 saturated carbocycles. The lowest BCUT2D eigenvalue weighted by Gasteiger charge is -2.22. The molecule has 1 heterocycles. The van der Waals surface area contributed by atoms with E-state index in [9.17, 15) is 0 Å². The summed E-state index contributed by atoms with van der Waals surface area (Å²) >= 11 is 0. The van der Waals surface area contributed by atoms with E-state index >= 15 is 0 Å². The zero-order valence-corrected chi connectivity index (χ0v) is 15.9. The van der Waals surface area contributed by atoms with Crippen LogP contribution >= 0.6 is 0 Å². The lowest BCUT2D eigenvalue weighted by molar-refractivity contribution is 0.0775. The van der Waals surface area contributed by atoms with Crippen molar-refractivity contribution in [1.82, 2.24) is 10.2 Å². The second kappa shape index (κ2) is 11.1. The molecule has 1 atom stereocenters. The van der Waals surface area contributed by atoms with Gasteiger partial charge < -0.3 is 19.7 Å². The van der Waals surface area contributed by atoms with Gasteiger partial charge in [-0.1, -0.05) is 30.3 Å². The first-order chi connectivity index (χ1) is 12.2. The summed E-state index contributed by atoms with van der Waals surface area (Å²) in [4.78, 5) is 6.75. The Bertz CT molecular complexity index is 505. The number of hydrogen-bond donors (Lipinski definition) is 1. The predicted octanol–water partition coefficient (Wildman–Crippen LogP) is 2.92. The normalized spacial score (nSPS) is 18.2. The van der Waals surface area contributed by atoms with E-state index in [0.717, 1.165) is 51.6 Å². The van der Waals surface area contributed by atoms with Crippen LogP contribution in [0.3, 0.4) is 0 Å². The second-order valence-electron chi connectivity index (χ2n) is 6.85. The average Bonchev–Trinajstić information content (AvgIpc) is 3.07. The first-order valence-electron chi connectivity index (χ1n) is 9.38. The van der Waals surface area contributed by atoms with Crippen molar-refractivity contribution in [1.29, 1.82) is 0 Å². The molecule has 1 aromatic carbocycles. The lowest BCUT2D eigenvalue weighted by atomic mass is 10.1. The van der Waals surface area contributed by atoms with Gasteiger partial charge in [-0.05, 0) is 32.3 Å². The fraction of sp³-hybridized carbons (Fsp3) is 0.650. The van der Waals surface area contributed by atoms with Crippen LogP contribution in [-0.2, 0) is 16.1 Å². The number of rotatable bonds is 9. The largest absolute Gasteiger partial charge is 0.379 e. The van der Waals surface area contributed by atoms with E-state index in [1.54, 1.807) is 0 Å². The Labute approximate surface area is 152 Å². The molecule has 1 N–H and O–H groups in total. The fourth-order valence-corrected chi connectivity index (χ4v) is 3.00. The molecule has 0 aromatic heterocycles. The third-order valence-electron chi connectivity index (χ3n) is 4.32. The summed E-state index contributed by atoms with van der Waals surface area (Å²) in [6.07, 6.45) is 2.45. The fourth-order valence-electron chi connectivity index (χ4n) is 3.00. The molecule has 5 heteroatoms. The highest BCUT2D eigenvalue weighted by Crippen LogP contribution is 2.17. The third kappa shape index (κ3) is 7.45. The smallest absolute Gasteiger partial charge is 0.193 e. The minimum Gasteiger partial charge on any atom is -0.379 e. The van der Waals surface area contributed by atoms with E-state index in [2.05, 4.69) is 53.3 Å². The highest BCUT2D eigenvalue weighted by molar-refractivity contribution is 5.80. The van der Waals surface area contributed by atoms with Crippen LogP contribution in [0.4, 0.5) is 0 Å². The molecule has 0 bridgehead atoms. The highest BCUT2D eigenvalue weighted by Gasteiger charge is 2.24. The quantitative estimate of drug-likeness (QED) is 0.424. The van der Waals surface area contributed by atoms with Crippen LogP contribution in [0.15, 0.2) is 35.3 Å². The number of aliphatic imine (C=N–C) groups is 1. The maximum absolute atomic E-state index is 5.90. The van der Waals surface area contributed by atoms with Crippen molar-refractivity contribution in [2.75, 3.05) is 39.9 Å². The highest BCUT2D eigenvalue weighted by atomic mass is 16.5. The molecule has 0 radical (unpaired) electrons. The van der Waals surface area contributed by atoms with Gasteiger partial charge in [0.15, 0.2) is 5.96 Å². The molecule has 0 aliphatic carbocycles. The van der Waals surface area contributed by atoms with Gasteiger partial charge in [-0.15, -0.1) is 0 Å². The van der Waals surface area contributed by atoms with Crippen LogP contribution in [0.2, 0.25) is 0 Å². The van der Waals surface area contributed by atoms with Gasteiger partial charge in [-0.3, -0.25) is 4.99 Å². The lowest BCUT2D eigenvalue weighted by Crippen LogP contribution is -2.40. The van der Waals surface area contributed by atoms with E-state index in [0.29, 0.717) is 18.6 Å². The summed E-state index contributed by atoms with van der Waals surface area (Å²) in [5.41, 5.74) is 1.23.